The number of rotatable bonds is 11. The number of nitrogens with zero attached hydrogens (tertiary/aromatic N) is 6. The second-order valence-corrected chi connectivity index (χ2v) is 11.9. The molecule has 2 saturated heterocycles. The number of hydrogen-bond acceptors (Lipinski definition) is 10. The fourth-order valence-electron chi connectivity index (χ4n) is 5.60. The van der Waals surface area contributed by atoms with Gasteiger partial charge in [0, 0.05) is 67.4 Å². The van der Waals surface area contributed by atoms with Gasteiger partial charge in [0.1, 0.15) is 17.7 Å². The van der Waals surface area contributed by atoms with Crippen LogP contribution >= 0.6 is 23.2 Å². The molecular formula is C32H31Cl2N7O4. The summed E-state index contributed by atoms with van der Waals surface area (Å²) in [5.41, 5.74) is 10.6. The maximum Gasteiger partial charge on any atom is 0.237 e. The average molecular weight is 649 g/mol. The normalized spacial score (nSPS) is 15.7. The van der Waals surface area contributed by atoms with Crippen molar-refractivity contribution in [2.45, 2.75) is 13.1 Å². The molecule has 2 N–H and O–H groups in total. The van der Waals surface area contributed by atoms with Crippen molar-refractivity contribution < 1.29 is 19.1 Å². The van der Waals surface area contributed by atoms with E-state index >= 15 is 0 Å². The maximum atomic E-state index is 11.4. The van der Waals surface area contributed by atoms with E-state index in [4.69, 9.17) is 48.4 Å². The first-order valence-corrected chi connectivity index (χ1v) is 15.1. The number of hydrogen-bond donors (Lipinski definition) is 1. The molecule has 0 atom stereocenters. The number of primary amides is 1. The van der Waals surface area contributed by atoms with Gasteiger partial charge in [-0.2, -0.15) is 0 Å². The van der Waals surface area contributed by atoms with E-state index in [2.05, 4.69) is 19.8 Å². The van der Waals surface area contributed by atoms with Gasteiger partial charge in [0.25, 0.3) is 0 Å². The Labute approximate surface area is 270 Å². The Hall–Kier alpha value is -4.16. The van der Waals surface area contributed by atoms with Crippen LogP contribution in [0.25, 0.3) is 33.6 Å². The molecule has 6 rings (SSSR count). The number of methoxy groups -OCH3 is 2. The Morgan fingerprint density at radius 3 is 1.69 bits per heavy atom. The fourth-order valence-corrected chi connectivity index (χ4v) is 6.25. The highest BCUT2D eigenvalue weighted by Crippen LogP contribution is 2.42. The fraction of sp³-hybridized carbons (Fsp3) is 0.312. The van der Waals surface area contributed by atoms with Crippen LogP contribution < -0.4 is 15.2 Å². The summed E-state index contributed by atoms with van der Waals surface area (Å²) in [5, 5.41) is 0.912. The summed E-state index contributed by atoms with van der Waals surface area (Å²) >= 11 is 14.0. The van der Waals surface area contributed by atoms with Gasteiger partial charge in [-0.15, -0.1) is 0 Å². The molecule has 232 valence electrons. The van der Waals surface area contributed by atoms with Gasteiger partial charge in [0.05, 0.1) is 54.0 Å². The lowest BCUT2D eigenvalue weighted by molar-refractivity contribution is -0.127. The van der Waals surface area contributed by atoms with E-state index < -0.39 is 0 Å². The number of carbonyl (C=O) groups is 2. The molecule has 0 bridgehead atoms. The topological polar surface area (TPSA) is 137 Å². The molecule has 2 aliphatic heterocycles. The number of aldehydes is 1. The van der Waals surface area contributed by atoms with Gasteiger partial charge in [-0.05, 0) is 0 Å². The van der Waals surface area contributed by atoms with Crippen molar-refractivity contribution in [3.63, 3.8) is 0 Å². The molecule has 13 heteroatoms. The van der Waals surface area contributed by atoms with Crippen molar-refractivity contribution in [1.82, 2.24) is 29.7 Å². The van der Waals surface area contributed by atoms with Crippen LogP contribution in [-0.4, -0.2) is 82.3 Å². The van der Waals surface area contributed by atoms with Gasteiger partial charge >= 0.3 is 0 Å². The number of ether oxygens (including phenoxy) is 2. The Bertz CT molecular complexity index is 1760. The molecule has 0 radical (unpaired) electrons. The Morgan fingerprint density at radius 1 is 0.822 bits per heavy atom. The first-order chi connectivity index (χ1) is 21.8. The number of likely N-dealkylation sites (tertiary alicyclic amines) is 2. The Kier molecular flexibility index (Phi) is 8.95. The molecule has 0 unspecified atom stereocenters. The van der Waals surface area contributed by atoms with Crippen LogP contribution in [0.4, 0.5) is 0 Å². The molecule has 0 saturated carbocycles. The lowest BCUT2D eigenvalue weighted by Gasteiger charge is -2.37. The van der Waals surface area contributed by atoms with Gasteiger partial charge < -0.3 is 20.0 Å². The molecule has 11 nitrogen and oxygen atoms in total. The molecule has 45 heavy (non-hydrogen) atoms. The number of halogens is 2. The van der Waals surface area contributed by atoms with Crippen LogP contribution in [0.3, 0.4) is 0 Å². The summed E-state index contributed by atoms with van der Waals surface area (Å²) < 4.78 is 11.1. The summed E-state index contributed by atoms with van der Waals surface area (Å²) in [6, 6.07) is 11.3. The third kappa shape index (κ3) is 6.21. The third-order valence-corrected chi connectivity index (χ3v) is 8.95. The van der Waals surface area contributed by atoms with E-state index in [-0.39, 0.29) is 17.7 Å². The van der Waals surface area contributed by atoms with Crippen LogP contribution in [0.5, 0.6) is 11.8 Å². The molecule has 2 aromatic heterocycles. The van der Waals surface area contributed by atoms with Crippen molar-refractivity contribution in [1.29, 1.82) is 0 Å². The lowest BCUT2D eigenvalue weighted by Crippen LogP contribution is -2.51. The predicted octanol–water partition coefficient (Wildman–Crippen LogP) is 4.14. The van der Waals surface area contributed by atoms with Gasteiger partial charge in [-0.25, -0.2) is 9.97 Å². The van der Waals surface area contributed by atoms with E-state index in [9.17, 15) is 9.59 Å². The first kappa shape index (κ1) is 30.8. The number of aromatic nitrogens is 4. The molecule has 2 aliphatic rings. The predicted molar refractivity (Wildman–Crippen MR) is 170 cm³/mol. The highest BCUT2D eigenvalue weighted by Gasteiger charge is 2.32. The van der Waals surface area contributed by atoms with Crippen LogP contribution in [0.15, 0.2) is 48.8 Å². The minimum Gasteiger partial charge on any atom is -0.480 e. The van der Waals surface area contributed by atoms with Crippen molar-refractivity contribution in [3.05, 3.63) is 70.2 Å². The summed E-state index contributed by atoms with van der Waals surface area (Å²) in [4.78, 5) is 45.2. The van der Waals surface area contributed by atoms with E-state index in [0.717, 1.165) is 6.29 Å². The molecule has 0 aliphatic carbocycles. The quantitative estimate of drug-likeness (QED) is 0.236. The third-order valence-electron chi connectivity index (χ3n) is 8.13. The van der Waals surface area contributed by atoms with Crippen LogP contribution in [0.1, 0.15) is 11.4 Å². The van der Waals surface area contributed by atoms with E-state index in [0.29, 0.717) is 106 Å². The molecule has 1 amide bonds. The van der Waals surface area contributed by atoms with E-state index in [1.807, 2.05) is 36.4 Å². The van der Waals surface area contributed by atoms with Gasteiger partial charge in [0.2, 0.25) is 17.7 Å². The standard InChI is InChI=1S/C32H31Cl2N7O4/c1-44-31-26(15-40-11-18(12-40)17-42)36-9-24(38-31)22-7-3-5-20(28(22)33)21-6-4-8-23(29(21)34)25-10-37-27(32(39-25)45-2)16-41-13-19(14-41)30(35)43/h3-10,17-19H,11-16H2,1-2H3,(H2,35,43). The minimum atomic E-state index is -0.293. The number of carbonyl (C=O) groups excluding carboxylic acids is 2. The summed E-state index contributed by atoms with van der Waals surface area (Å²) in [6.45, 7) is 3.59. The minimum absolute atomic E-state index is 0.0674. The second kappa shape index (κ2) is 13.1. The van der Waals surface area contributed by atoms with Crippen LogP contribution in [-0.2, 0) is 22.7 Å². The van der Waals surface area contributed by atoms with Crippen molar-refractivity contribution in [2.75, 3.05) is 40.4 Å². The molecule has 4 heterocycles. The SMILES string of the molecule is COc1nc(-c2cccc(-c3cccc(-c4cnc(CN5CC(C(N)=O)C5)c(OC)n4)c3Cl)c2Cl)cnc1CN1CC(C=O)C1. The second-order valence-electron chi connectivity index (χ2n) is 11.1. The highest BCUT2D eigenvalue weighted by molar-refractivity contribution is 6.39. The van der Waals surface area contributed by atoms with Crippen LogP contribution in [0, 0.1) is 11.8 Å². The summed E-state index contributed by atoms with van der Waals surface area (Å²) in [6.07, 6.45) is 4.32. The van der Waals surface area contributed by atoms with Crippen molar-refractivity contribution in [2.24, 2.45) is 17.6 Å². The first-order valence-electron chi connectivity index (χ1n) is 14.4. The summed E-state index contributed by atoms with van der Waals surface area (Å²) in [7, 11) is 3.10. The molecule has 4 aromatic rings. The van der Waals surface area contributed by atoms with E-state index in [1.165, 1.54) is 0 Å². The van der Waals surface area contributed by atoms with E-state index in [1.54, 1.807) is 26.6 Å². The van der Waals surface area contributed by atoms with Gasteiger partial charge in [-0.1, -0.05) is 59.6 Å². The number of benzene rings is 2. The van der Waals surface area contributed by atoms with Gasteiger partial charge in [0.15, 0.2) is 0 Å². The maximum absolute atomic E-state index is 11.4. The monoisotopic (exact) mass is 647 g/mol. The Morgan fingerprint density at radius 2 is 1.27 bits per heavy atom. The highest BCUT2D eigenvalue weighted by atomic mass is 35.5. The van der Waals surface area contributed by atoms with Crippen molar-refractivity contribution in [3.8, 4) is 45.4 Å². The Balaban J connectivity index is 1.26. The zero-order valence-electron chi connectivity index (χ0n) is 24.7. The molecule has 0 spiro atoms. The molecule has 2 fully saturated rings. The number of amides is 1. The van der Waals surface area contributed by atoms with Crippen molar-refractivity contribution >= 4 is 35.4 Å². The smallest absolute Gasteiger partial charge is 0.237 e. The number of nitrogens with two attached hydrogens (primary N) is 1. The summed E-state index contributed by atoms with van der Waals surface area (Å²) in [5.74, 6) is 0.416. The zero-order chi connectivity index (χ0) is 31.7. The van der Waals surface area contributed by atoms with Crippen LogP contribution in [0.2, 0.25) is 10.0 Å². The molecule has 2 aromatic carbocycles. The van der Waals surface area contributed by atoms with Gasteiger partial charge in [-0.3, -0.25) is 24.6 Å². The largest absolute Gasteiger partial charge is 0.480 e. The molecular weight excluding hydrogens is 617 g/mol. The average Bonchev–Trinajstić information content (AvgIpc) is 3.00. The zero-order valence-corrected chi connectivity index (χ0v) is 26.3. The lowest BCUT2D eigenvalue weighted by atomic mass is 9.98.